The molecule has 21 heavy (non-hydrogen) atoms. The van der Waals surface area contributed by atoms with Gasteiger partial charge in [-0.1, -0.05) is 26.8 Å². The molecule has 1 rings (SSSR count). The van der Waals surface area contributed by atoms with Crippen molar-refractivity contribution in [3.05, 3.63) is 35.6 Å². The molecular formula is C15H21FN2O3. The predicted molar refractivity (Wildman–Crippen MR) is 77.2 cm³/mol. The molecular weight excluding hydrogens is 275 g/mol. The predicted octanol–water partition coefficient (Wildman–Crippen LogP) is 1.08. The van der Waals surface area contributed by atoms with Crippen molar-refractivity contribution < 1.29 is 19.1 Å². The highest BCUT2D eigenvalue weighted by molar-refractivity contribution is 5.96. The summed E-state index contributed by atoms with van der Waals surface area (Å²) in [5.41, 5.74) is -0.185. The minimum absolute atomic E-state index is 0.109. The maximum Gasteiger partial charge on any atom is 0.251 e. The van der Waals surface area contributed by atoms with Gasteiger partial charge in [0.1, 0.15) is 5.82 Å². The molecule has 0 spiro atoms. The maximum absolute atomic E-state index is 13.0. The fourth-order valence-electron chi connectivity index (χ4n) is 1.47. The molecule has 1 unspecified atom stereocenters. The van der Waals surface area contributed by atoms with Crippen molar-refractivity contribution >= 4 is 11.8 Å². The van der Waals surface area contributed by atoms with Crippen molar-refractivity contribution in [2.45, 2.75) is 26.9 Å². The third-order valence-corrected chi connectivity index (χ3v) is 2.99. The number of halogens is 1. The summed E-state index contributed by atoms with van der Waals surface area (Å²) < 4.78 is 13.0. The highest BCUT2D eigenvalue weighted by atomic mass is 19.1. The van der Waals surface area contributed by atoms with Crippen molar-refractivity contribution in [3.63, 3.8) is 0 Å². The van der Waals surface area contributed by atoms with Gasteiger partial charge in [-0.05, 0) is 23.6 Å². The van der Waals surface area contributed by atoms with Gasteiger partial charge < -0.3 is 15.7 Å². The van der Waals surface area contributed by atoms with Crippen LogP contribution in [0.1, 0.15) is 31.1 Å². The van der Waals surface area contributed by atoms with Gasteiger partial charge in [0.15, 0.2) is 0 Å². The zero-order valence-electron chi connectivity index (χ0n) is 12.4. The van der Waals surface area contributed by atoms with Gasteiger partial charge in [-0.25, -0.2) is 4.39 Å². The molecule has 0 radical (unpaired) electrons. The fourth-order valence-corrected chi connectivity index (χ4v) is 1.47. The van der Waals surface area contributed by atoms with Crippen LogP contribution in [0.3, 0.4) is 0 Å². The first-order valence-corrected chi connectivity index (χ1v) is 6.68. The number of hydrogen-bond acceptors (Lipinski definition) is 3. The van der Waals surface area contributed by atoms with E-state index in [-0.39, 0.29) is 24.1 Å². The molecule has 5 nitrogen and oxygen atoms in total. The normalized spacial score (nSPS) is 12.6. The summed E-state index contributed by atoms with van der Waals surface area (Å²) in [6.07, 6.45) is -0.680. The first kappa shape index (κ1) is 17.1. The first-order chi connectivity index (χ1) is 9.70. The lowest BCUT2D eigenvalue weighted by Crippen LogP contribution is -2.43. The summed E-state index contributed by atoms with van der Waals surface area (Å²) in [4.78, 5) is 23.3. The molecule has 1 aromatic carbocycles. The third-order valence-electron chi connectivity index (χ3n) is 2.99. The van der Waals surface area contributed by atoms with Crippen molar-refractivity contribution in [1.29, 1.82) is 0 Å². The molecule has 0 aliphatic carbocycles. The molecule has 3 N–H and O–H groups in total. The van der Waals surface area contributed by atoms with E-state index in [9.17, 15) is 19.1 Å². The Labute approximate surface area is 123 Å². The van der Waals surface area contributed by atoms with E-state index in [0.29, 0.717) is 0 Å². The van der Waals surface area contributed by atoms with Crippen LogP contribution in [0.25, 0.3) is 0 Å². The molecule has 0 heterocycles. The van der Waals surface area contributed by atoms with Gasteiger partial charge in [0, 0.05) is 12.1 Å². The SMILES string of the molecule is CC(C)(C)C(O)CNC(=O)CNC(=O)c1cccc(F)c1. The highest BCUT2D eigenvalue weighted by Crippen LogP contribution is 2.17. The monoisotopic (exact) mass is 296 g/mol. The van der Waals surface area contributed by atoms with Crippen LogP contribution in [-0.2, 0) is 4.79 Å². The average Bonchev–Trinajstić information content (AvgIpc) is 2.40. The van der Waals surface area contributed by atoms with E-state index in [0.717, 1.165) is 6.07 Å². The number of hydrogen-bond donors (Lipinski definition) is 3. The molecule has 0 aliphatic heterocycles. The second kappa shape index (κ2) is 7.17. The third kappa shape index (κ3) is 5.91. The zero-order chi connectivity index (χ0) is 16.0. The van der Waals surface area contributed by atoms with E-state index in [1.165, 1.54) is 18.2 Å². The number of carbonyl (C=O) groups excluding carboxylic acids is 2. The van der Waals surface area contributed by atoms with Crippen LogP contribution >= 0.6 is 0 Å². The van der Waals surface area contributed by atoms with Crippen molar-refractivity contribution in [2.75, 3.05) is 13.1 Å². The van der Waals surface area contributed by atoms with Gasteiger partial charge in [0.05, 0.1) is 12.6 Å². The Morgan fingerprint density at radius 2 is 1.95 bits per heavy atom. The molecule has 116 valence electrons. The van der Waals surface area contributed by atoms with Crippen LogP contribution in [-0.4, -0.2) is 36.1 Å². The van der Waals surface area contributed by atoms with Crippen LogP contribution in [0, 0.1) is 11.2 Å². The molecule has 0 aromatic heterocycles. The van der Waals surface area contributed by atoms with Crippen LogP contribution < -0.4 is 10.6 Å². The first-order valence-electron chi connectivity index (χ1n) is 6.68. The van der Waals surface area contributed by atoms with Gasteiger partial charge in [-0.2, -0.15) is 0 Å². The van der Waals surface area contributed by atoms with Gasteiger partial charge in [0.2, 0.25) is 5.91 Å². The Morgan fingerprint density at radius 3 is 2.52 bits per heavy atom. The standard InChI is InChI=1S/C15H21FN2O3/c1-15(2,3)12(19)8-17-13(20)9-18-14(21)10-5-4-6-11(16)7-10/h4-7,12,19H,8-9H2,1-3H3,(H,17,20)(H,18,21). The smallest absolute Gasteiger partial charge is 0.251 e. The van der Waals surface area contributed by atoms with Gasteiger partial charge in [0.25, 0.3) is 5.91 Å². The number of rotatable bonds is 5. The summed E-state index contributed by atoms with van der Waals surface area (Å²) >= 11 is 0. The summed E-state index contributed by atoms with van der Waals surface area (Å²) in [7, 11) is 0. The Hall–Kier alpha value is -1.95. The Kier molecular flexibility index (Phi) is 5.84. The van der Waals surface area contributed by atoms with E-state index in [1.54, 1.807) is 0 Å². The Balaban J connectivity index is 2.38. The average molecular weight is 296 g/mol. The van der Waals surface area contributed by atoms with Crippen molar-refractivity contribution in [2.24, 2.45) is 5.41 Å². The number of amides is 2. The Morgan fingerprint density at radius 1 is 1.29 bits per heavy atom. The summed E-state index contributed by atoms with van der Waals surface area (Å²) in [5.74, 6) is -1.45. The molecule has 6 heteroatoms. The van der Waals surface area contributed by atoms with E-state index >= 15 is 0 Å². The lowest BCUT2D eigenvalue weighted by Gasteiger charge is -2.25. The summed E-state index contributed by atoms with van der Waals surface area (Å²) in [6.45, 7) is 5.45. The zero-order valence-corrected chi connectivity index (χ0v) is 12.4. The van der Waals surface area contributed by atoms with Gasteiger partial charge >= 0.3 is 0 Å². The van der Waals surface area contributed by atoms with Gasteiger partial charge in [-0.15, -0.1) is 0 Å². The number of aliphatic hydroxyl groups excluding tert-OH is 1. The second-order valence-electron chi connectivity index (χ2n) is 5.88. The minimum atomic E-state index is -0.680. The summed E-state index contributed by atoms with van der Waals surface area (Å²) in [5, 5.41) is 14.7. The van der Waals surface area contributed by atoms with E-state index in [1.807, 2.05) is 20.8 Å². The number of aliphatic hydroxyl groups is 1. The highest BCUT2D eigenvalue weighted by Gasteiger charge is 2.22. The number of carbonyl (C=O) groups is 2. The fraction of sp³-hybridized carbons (Fsp3) is 0.467. The topological polar surface area (TPSA) is 78.4 Å². The molecule has 1 aromatic rings. The van der Waals surface area contributed by atoms with Crippen molar-refractivity contribution in [3.8, 4) is 0 Å². The molecule has 1 atom stereocenters. The molecule has 0 aliphatic rings. The molecule has 0 saturated carbocycles. The van der Waals surface area contributed by atoms with Crippen LogP contribution in [0.2, 0.25) is 0 Å². The molecule has 2 amide bonds. The van der Waals surface area contributed by atoms with Gasteiger partial charge in [-0.3, -0.25) is 9.59 Å². The second-order valence-corrected chi connectivity index (χ2v) is 5.88. The molecule has 0 bridgehead atoms. The molecule has 0 saturated heterocycles. The van der Waals surface area contributed by atoms with Crippen LogP contribution in [0.15, 0.2) is 24.3 Å². The van der Waals surface area contributed by atoms with E-state index in [4.69, 9.17) is 0 Å². The van der Waals surface area contributed by atoms with Crippen LogP contribution in [0.5, 0.6) is 0 Å². The largest absolute Gasteiger partial charge is 0.391 e. The lowest BCUT2D eigenvalue weighted by molar-refractivity contribution is -0.120. The maximum atomic E-state index is 13.0. The summed E-state index contributed by atoms with van der Waals surface area (Å²) in [6, 6.07) is 5.21. The molecule has 0 fully saturated rings. The quantitative estimate of drug-likeness (QED) is 0.761. The van der Waals surface area contributed by atoms with Crippen LogP contribution in [0.4, 0.5) is 4.39 Å². The lowest BCUT2D eigenvalue weighted by atomic mass is 9.89. The van der Waals surface area contributed by atoms with E-state index < -0.39 is 23.7 Å². The number of nitrogens with one attached hydrogen (secondary N) is 2. The number of benzene rings is 1. The minimum Gasteiger partial charge on any atom is -0.391 e. The van der Waals surface area contributed by atoms with E-state index in [2.05, 4.69) is 10.6 Å². The van der Waals surface area contributed by atoms with Crippen molar-refractivity contribution in [1.82, 2.24) is 10.6 Å². The Bertz CT molecular complexity index is 512.